The third-order valence-electron chi connectivity index (χ3n) is 2.39. The molecule has 0 atom stereocenters. The third-order valence-corrected chi connectivity index (χ3v) is 2.39. The highest BCUT2D eigenvalue weighted by Gasteiger charge is 2.16. The minimum Gasteiger partial charge on any atom is -0.507 e. The van der Waals surface area contributed by atoms with Gasteiger partial charge in [0.05, 0.1) is 5.56 Å². The molecule has 0 aliphatic carbocycles. The minimum absolute atomic E-state index is 0.00468. The minimum atomic E-state index is -0.200. The SMILES string of the molecule is CCN(CCCO)C(=O)c1ccccc1O. The van der Waals surface area contributed by atoms with Crippen molar-refractivity contribution < 1.29 is 15.0 Å². The van der Waals surface area contributed by atoms with E-state index in [-0.39, 0.29) is 18.3 Å². The lowest BCUT2D eigenvalue weighted by atomic mass is 10.1. The molecule has 1 amide bonds. The predicted octanol–water partition coefficient (Wildman–Crippen LogP) is 1.24. The Morgan fingerprint density at radius 1 is 1.38 bits per heavy atom. The summed E-state index contributed by atoms with van der Waals surface area (Å²) in [4.78, 5) is 13.6. The van der Waals surface area contributed by atoms with Crippen molar-refractivity contribution in [2.24, 2.45) is 0 Å². The summed E-state index contributed by atoms with van der Waals surface area (Å²) in [6.45, 7) is 2.99. The number of benzene rings is 1. The summed E-state index contributed by atoms with van der Waals surface area (Å²) >= 11 is 0. The number of phenols is 1. The maximum absolute atomic E-state index is 12.0. The number of amides is 1. The van der Waals surface area contributed by atoms with Gasteiger partial charge < -0.3 is 15.1 Å². The van der Waals surface area contributed by atoms with E-state index in [4.69, 9.17) is 5.11 Å². The fourth-order valence-corrected chi connectivity index (χ4v) is 1.49. The normalized spacial score (nSPS) is 10.1. The van der Waals surface area contributed by atoms with Gasteiger partial charge in [0.15, 0.2) is 0 Å². The standard InChI is InChI=1S/C12H17NO3/c1-2-13(8-5-9-14)12(16)10-6-3-4-7-11(10)15/h3-4,6-7,14-15H,2,5,8-9H2,1H3. The van der Waals surface area contributed by atoms with Crippen molar-refractivity contribution in [3.63, 3.8) is 0 Å². The Morgan fingerprint density at radius 3 is 2.62 bits per heavy atom. The Morgan fingerprint density at radius 2 is 2.06 bits per heavy atom. The number of carbonyl (C=O) groups is 1. The van der Waals surface area contributed by atoms with Gasteiger partial charge in [-0.05, 0) is 25.5 Å². The Labute approximate surface area is 95.1 Å². The van der Waals surface area contributed by atoms with Crippen LogP contribution in [0.15, 0.2) is 24.3 Å². The number of aliphatic hydroxyl groups is 1. The molecule has 0 fully saturated rings. The van der Waals surface area contributed by atoms with E-state index >= 15 is 0 Å². The number of phenolic OH excluding ortho intramolecular Hbond substituents is 1. The summed E-state index contributed by atoms with van der Waals surface area (Å²) in [5, 5.41) is 18.3. The smallest absolute Gasteiger partial charge is 0.257 e. The zero-order chi connectivity index (χ0) is 12.0. The molecular formula is C12H17NO3. The maximum Gasteiger partial charge on any atom is 0.257 e. The van der Waals surface area contributed by atoms with Gasteiger partial charge in [0.1, 0.15) is 5.75 Å². The summed E-state index contributed by atoms with van der Waals surface area (Å²) < 4.78 is 0. The van der Waals surface area contributed by atoms with Gasteiger partial charge in [0.2, 0.25) is 0 Å². The molecule has 88 valence electrons. The highest BCUT2D eigenvalue weighted by Crippen LogP contribution is 2.17. The first-order valence-electron chi connectivity index (χ1n) is 5.38. The summed E-state index contributed by atoms with van der Waals surface area (Å²) in [6, 6.07) is 6.48. The molecule has 16 heavy (non-hydrogen) atoms. The zero-order valence-electron chi connectivity index (χ0n) is 9.39. The van der Waals surface area contributed by atoms with Gasteiger partial charge in [0, 0.05) is 19.7 Å². The van der Waals surface area contributed by atoms with Gasteiger partial charge in [0.25, 0.3) is 5.91 Å². The van der Waals surface area contributed by atoms with E-state index in [1.54, 1.807) is 23.1 Å². The number of carbonyl (C=O) groups excluding carboxylic acids is 1. The number of aromatic hydroxyl groups is 1. The van der Waals surface area contributed by atoms with Crippen LogP contribution in [-0.2, 0) is 0 Å². The molecule has 0 aliphatic heterocycles. The lowest BCUT2D eigenvalue weighted by molar-refractivity contribution is 0.0751. The molecule has 1 aromatic carbocycles. The van der Waals surface area contributed by atoms with Crippen LogP contribution in [-0.4, -0.2) is 40.7 Å². The second-order valence-electron chi connectivity index (χ2n) is 3.48. The van der Waals surface area contributed by atoms with Crippen LogP contribution in [0.25, 0.3) is 0 Å². The van der Waals surface area contributed by atoms with Crippen LogP contribution in [0.5, 0.6) is 5.75 Å². The van der Waals surface area contributed by atoms with Gasteiger partial charge in [-0.3, -0.25) is 4.79 Å². The third kappa shape index (κ3) is 2.97. The molecule has 0 heterocycles. The van der Waals surface area contributed by atoms with E-state index in [1.807, 2.05) is 6.92 Å². The molecule has 4 nitrogen and oxygen atoms in total. The monoisotopic (exact) mass is 223 g/mol. The van der Waals surface area contributed by atoms with Crippen molar-refractivity contribution in [2.45, 2.75) is 13.3 Å². The van der Waals surface area contributed by atoms with Gasteiger partial charge in [-0.2, -0.15) is 0 Å². The van der Waals surface area contributed by atoms with Gasteiger partial charge in [-0.15, -0.1) is 0 Å². The number of para-hydroxylation sites is 1. The van der Waals surface area contributed by atoms with E-state index < -0.39 is 0 Å². The molecule has 0 aromatic heterocycles. The molecule has 0 unspecified atom stereocenters. The van der Waals surface area contributed by atoms with E-state index in [9.17, 15) is 9.90 Å². The number of hydrogen-bond acceptors (Lipinski definition) is 3. The number of nitrogens with zero attached hydrogens (tertiary/aromatic N) is 1. The van der Waals surface area contributed by atoms with Crippen molar-refractivity contribution in [3.05, 3.63) is 29.8 Å². The van der Waals surface area contributed by atoms with Crippen LogP contribution in [0.2, 0.25) is 0 Å². The quantitative estimate of drug-likeness (QED) is 0.789. The van der Waals surface area contributed by atoms with Crippen molar-refractivity contribution in [1.82, 2.24) is 4.90 Å². The second-order valence-corrected chi connectivity index (χ2v) is 3.48. The first-order chi connectivity index (χ1) is 7.70. The topological polar surface area (TPSA) is 60.8 Å². The predicted molar refractivity (Wildman–Crippen MR) is 61.4 cm³/mol. The highest BCUT2D eigenvalue weighted by molar-refractivity contribution is 5.96. The van der Waals surface area contributed by atoms with Gasteiger partial charge in [-0.1, -0.05) is 12.1 Å². The molecule has 0 saturated heterocycles. The lowest BCUT2D eigenvalue weighted by Crippen LogP contribution is -2.32. The lowest BCUT2D eigenvalue weighted by Gasteiger charge is -2.20. The van der Waals surface area contributed by atoms with Crippen LogP contribution in [0.4, 0.5) is 0 Å². The Hall–Kier alpha value is -1.55. The van der Waals surface area contributed by atoms with Crippen LogP contribution in [0.3, 0.4) is 0 Å². The first kappa shape index (κ1) is 12.5. The van der Waals surface area contributed by atoms with Gasteiger partial charge >= 0.3 is 0 Å². The first-order valence-corrected chi connectivity index (χ1v) is 5.38. The van der Waals surface area contributed by atoms with Crippen molar-refractivity contribution in [2.75, 3.05) is 19.7 Å². The van der Waals surface area contributed by atoms with E-state index in [0.29, 0.717) is 25.1 Å². The second kappa shape index (κ2) is 6.12. The fraction of sp³-hybridized carbons (Fsp3) is 0.417. The molecule has 0 saturated carbocycles. The summed E-state index contributed by atoms with van der Waals surface area (Å²) in [5.74, 6) is -0.205. The van der Waals surface area contributed by atoms with Crippen molar-refractivity contribution >= 4 is 5.91 Å². The highest BCUT2D eigenvalue weighted by atomic mass is 16.3. The number of rotatable bonds is 5. The molecule has 0 spiro atoms. The summed E-state index contributed by atoms with van der Waals surface area (Å²) in [5.41, 5.74) is 0.308. The van der Waals surface area contributed by atoms with Gasteiger partial charge in [-0.25, -0.2) is 0 Å². The molecule has 0 radical (unpaired) electrons. The molecule has 4 heteroatoms. The molecule has 1 rings (SSSR count). The van der Waals surface area contributed by atoms with Crippen LogP contribution in [0, 0.1) is 0 Å². The Bertz CT molecular complexity index is 352. The largest absolute Gasteiger partial charge is 0.507 e. The molecule has 1 aromatic rings. The average Bonchev–Trinajstić information content (AvgIpc) is 2.30. The van der Waals surface area contributed by atoms with E-state index in [1.165, 1.54) is 6.07 Å². The number of hydrogen-bond donors (Lipinski definition) is 2. The molecule has 0 aliphatic rings. The molecule has 0 bridgehead atoms. The Balaban J connectivity index is 2.79. The summed E-state index contributed by atoms with van der Waals surface area (Å²) in [6.07, 6.45) is 0.549. The van der Waals surface area contributed by atoms with E-state index in [2.05, 4.69) is 0 Å². The number of aliphatic hydroxyl groups excluding tert-OH is 1. The maximum atomic E-state index is 12.0. The van der Waals surface area contributed by atoms with Crippen LogP contribution < -0.4 is 0 Å². The van der Waals surface area contributed by atoms with Crippen LogP contribution in [0.1, 0.15) is 23.7 Å². The molecule has 2 N–H and O–H groups in total. The van der Waals surface area contributed by atoms with Crippen molar-refractivity contribution in [3.8, 4) is 5.75 Å². The van der Waals surface area contributed by atoms with E-state index in [0.717, 1.165) is 0 Å². The zero-order valence-corrected chi connectivity index (χ0v) is 9.39. The van der Waals surface area contributed by atoms with Crippen molar-refractivity contribution in [1.29, 1.82) is 0 Å². The fourth-order valence-electron chi connectivity index (χ4n) is 1.49. The van der Waals surface area contributed by atoms with Crippen LogP contribution >= 0.6 is 0 Å². The molecular weight excluding hydrogens is 206 g/mol. The summed E-state index contributed by atoms with van der Waals surface area (Å²) in [7, 11) is 0. The average molecular weight is 223 g/mol. The Kier molecular flexibility index (Phi) is 4.79.